The standard InChI is InChI=1S/C11H13BrS/c12-10-6-4-9(5-7-10)11-3-1-2-8-13-11/h4-7,11H,1-3,8H2. The molecule has 0 spiro atoms. The summed E-state index contributed by atoms with van der Waals surface area (Å²) >= 11 is 5.57. The summed E-state index contributed by atoms with van der Waals surface area (Å²) in [5.41, 5.74) is 1.49. The average Bonchev–Trinajstić information content (AvgIpc) is 2.20. The summed E-state index contributed by atoms with van der Waals surface area (Å²) in [5, 5.41) is 0.752. The van der Waals surface area contributed by atoms with Crippen molar-refractivity contribution in [2.45, 2.75) is 24.5 Å². The van der Waals surface area contributed by atoms with Gasteiger partial charge in [-0.05, 0) is 36.3 Å². The van der Waals surface area contributed by atoms with Crippen LogP contribution in [0.15, 0.2) is 28.7 Å². The minimum atomic E-state index is 0.752. The SMILES string of the molecule is Brc1ccc(C2CCCCS2)cc1. The highest BCUT2D eigenvalue weighted by molar-refractivity contribution is 9.10. The predicted molar refractivity (Wildman–Crippen MR) is 63.2 cm³/mol. The molecule has 2 heteroatoms. The lowest BCUT2D eigenvalue weighted by molar-refractivity contribution is 0.686. The van der Waals surface area contributed by atoms with Crippen LogP contribution in [-0.2, 0) is 0 Å². The lowest BCUT2D eigenvalue weighted by Gasteiger charge is -2.21. The van der Waals surface area contributed by atoms with Gasteiger partial charge in [-0.1, -0.05) is 34.5 Å². The van der Waals surface area contributed by atoms with Crippen LogP contribution in [0.3, 0.4) is 0 Å². The Hall–Kier alpha value is 0.0500. The van der Waals surface area contributed by atoms with E-state index in [0.29, 0.717) is 0 Å². The number of benzene rings is 1. The van der Waals surface area contributed by atoms with Crippen LogP contribution in [0.5, 0.6) is 0 Å². The molecule has 1 heterocycles. The van der Waals surface area contributed by atoms with Gasteiger partial charge in [0.1, 0.15) is 0 Å². The first-order chi connectivity index (χ1) is 6.36. The van der Waals surface area contributed by atoms with Gasteiger partial charge in [0, 0.05) is 9.72 Å². The summed E-state index contributed by atoms with van der Waals surface area (Å²) in [7, 11) is 0. The van der Waals surface area contributed by atoms with E-state index in [1.807, 2.05) is 0 Å². The van der Waals surface area contributed by atoms with Crippen molar-refractivity contribution in [1.29, 1.82) is 0 Å². The second-order valence-electron chi connectivity index (χ2n) is 3.41. The molecule has 0 N–H and O–H groups in total. The first kappa shape index (κ1) is 9.60. The molecule has 1 aromatic rings. The van der Waals surface area contributed by atoms with Crippen molar-refractivity contribution < 1.29 is 0 Å². The van der Waals surface area contributed by atoms with Crippen molar-refractivity contribution in [3.63, 3.8) is 0 Å². The van der Waals surface area contributed by atoms with E-state index in [0.717, 1.165) is 5.25 Å². The summed E-state index contributed by atoms with van der Waals surface area (Å²) in [6.45, 7) is 0. The maximum absolute atomic E-state index is 3.46. The van der Waals surface area contributed by atoms with E-state index in [9.17, 15) is 0 Å². The zero-order valence-electron chi connectivity index (χ0n) is 7.50. The Morgan fingerprint density at radius 1 is 1.15 bits per heavy atom. The van der Waals surface area contributed by atoms with Crippen molar-refractivity contribution >= 4 is 27.7 Å². The van der Waals surface area contributed by atoms with Crippen LogP contribution in [0, 0.1) is 0 Å². The van der Waals surface area contributed by atoms with E-state index in [1.54, 1.807) is 0 Å². The molecule has 1 unspecified atom stereocenters. The van der Waals surface area contributed by atoms with Crippen molar-refractivity contribution in [1.82, 2.24) is 0 Å². The highest BCUT2D eigenvalue weighted by Gasteiger charge is 2.15. The Balaban J connectivity index is 2.10. The molecular weight excluding hydrogens is 244 g/mol. The van der Waals surface area contributed by atoms with Gasteiger partial charge in [0.25, 0.3) is 0 Å². The average molecular weight is 257 g/mol. The van der Waals surface area contributed by atoms with Crippen molar-refractivity contribution in [3.05, 3.63) is 34.3 Å². The van der Waals surface area contributed by atoms with Gasteiger partial charge in [-0.2, -0.15) is 11.8 Å². The molecule has 0 aliphatic carbocycles. The molecule has 0 saturated carbocycles. The van der Waals surface area contributed by atoms with E-state index in [-0.39, 0.29) is 0 Å². The van der Waals surface area contributed by atoms with E-state index in [1.165, 1.54) is 35.1 Å². The maximum atomic E-state index is 3.46. The monoisotopic (exact) mass is 256 g/mol. The van der Waals surface area contributed by atoms with Crippen LogP contribution in [0.25, 0.3) is 0 Å². The Labute approximate surface area is 92.2 Å². The van der Waals surface area contributed by atoms with E-state index < -0.39 is 0 Å². The Morgan fingerprint density at radius 2 is 1.92 bits per heavy atom. The number of rotatable bonds is 1. The largest absolute Gasteiger partial charge is 0.154 e. The molecule has 2 rings (SSSR count). The number of halogens is 1. The molecule has 70 valence electrons. The van der Waals surface area contributed by atoms with Gasteiger partial charge >= 0.3 is 0 Å². The second-order valence-corrected chi connectivity index (χ2v) is 5.63. The normalized spacial score (nSPS) is 23.0. The lowest BCUT2D eigenvalue weighted by Crippen LogP contribution is -2.01. The van der Waals surface area contributed by atoms with Crippen LogP contribution in [-0.4, -0.2) is 5.75 Å². The van der Waals surface area contributed by atoms with Gasteiger partial charge < -0.3 is 0 Å². The van der Waals surface area contributed by atoms with E-state index in [4.69, 9.17) is 0 Å². The molecule has 0 aromatic heterocycles. The fraction of sp³-hybridized carbons (Fsp3) is 0.455. The van der Waals surface area contributed by atoms with Gasteiger partial charge in [-0.25, -0.2) is 0 Å². The van der Waals surface area contributed by atoms with E-state index in [2.05, 4.69) is 52.0 Å². The van der Waals surface area contributed by atoms with Crippen molar-refractivity contribution in [2.75, 3.05) is 5.75 Å². The third-order valence-corrected chi connectivity index (χ3v) is 4.38. The van der Waals surface area contributed by atoms with Crippen molar-refractivity contribution in [2.24, 2.45) is 0 Å². The molecule has 1 atom stereocenters. The second kappa shape index (κ2) is 4.52. The molecular formula is C11H13BrS. The molecule has 1 aromatic carbocycles. The van der Waals surface area contributed by atoms with Gasteiger partial charge in [0.2, 0.25) is 0 Å². The molecule has 0 radical (unpaired) electrons. The molecule has 0 bridgehead atoms. The third-order valence-electron chi connectivity index (χ3n) is 2.42. The number of hydrogen-bond acceptors (Lipinski definition) is 1. The minimum absolute atomic E-state index is 0.752. The van der Waals surface area contributed by atoms with Gasteiger partial charge in [0.05, 0.1) is 0 Å². The van der Waals surface area contributed by atoms with Crippen LogP contribution in [0.1, 0.15) is 30.1 Å². The predicted octanol–water partition coefficient (Wildman–Crippen LogP) is 4.41. The first-order valence-corrected chi connectivity index (χ1v) is 6.57. The maximum Gasteiger partial charge on any atom is 0.0297 e. The first-order valence-electron chi connectivity index (χ1n) is 4.73. The van der Waals surface area contributed by atoms with E-state index >= 15 is 0 Å². The van der Waals surface area contributed by atoms with Gasteiger partial charge in [-0.3, -0.25) is 0 Å². The summed E-state index contributed by atoms with van der Waals surface area (Å²) in [6.07, 6.45) is 4.15. The summed E-state index contributed by atoms with van der Waals surface area (Å²) < 4.78 is 1.18. The van der Waals surface area contributed by atoms with Crippen LogP contribution in [0.4, 0.5) is 0 Å². The van der Waals surface area contributed by atoms with Gasteiger partial charge in [0.15, 0.2) is 0 Å². The zero-order chi connectivity index (χ0) is 9.10. The number of hydrogen-bond donors (Lipinski definition) is 0. The van der Waals surface area contributed by atoms with Crippen LogP contribution < -0.4 is 0 Å². The topological polar surface area (TPSA) is 0 Å². The summed E-state index contributed by atoms with van der Waals surface area (Å²) in [6, 6.07) is 8.77. The summed E-state index contributed by atoms with van der Waals surface area (Å²) in [4.78, 5) is 0. The minimum Gasteiger partial charge on any atom is -0.154 e. The zero-order valence-corrected chi connectivity index (χ0v) is 9.90. The molecule has 1 saturated heterocycles. The quantitative estimate of drug-likeness (QED) is 0.718. The fourth-order valence-corrected chi connectivity index (χ4v) is 3.28. The molecule has 1 aliphatic heterocycles. The van der Waals surface area contributed by atoms with Crippen LogP contribution in [0.2, 0.25) is 0 Å². The molecule has 0 amide bonds. The number of thioether (sulfide) groups is 1. The summed E-state index contributed by atoms with van der Waals surface area (Å²) in [5.74, 6) is 1.33. The Morgan fingerprint density at radius 3 is 2.54 bits per heavy atom. The highest BCUT2D eigenvalue weighted by Crippen LogP contribution is 2.38. The smallest absolute Gasteiger partial charge is 0.0297 e. The lowest BCUT2D eigenvalue weighted by atomic mass is 10.1. The van der Waals surface area contributed by atoms with Crippen LogP contribution >= 0.6 is 27.7 Å². The Kier molecular flexibility index (Phi) is 3.33. The Bertz CT molecular complexity index is 262. The highest BCUT2D eigenvalue weighted by atomic mass is 79.9. The molecule has 0 nitrogen and oxygen atoms in total. The molecule has 13 heavy (non-hydrogen) atoms. The third kappa shape index (κ3) is 2.50. The fourth-order valence-electron chi connectivity index (χ4n) is 1.68. The molecule has 1 fully saturated rings. The van der Waals surface area contributed by atoms with Crippen molar-refractivity contribution in [3.8, 4) is 0 Å². The molecule has 1 aliphatic rings. The van der Waals surface area contributed by atoms with Gasteiger partial charge in [-0.15, -0.1) is 0 Å².